The van der Waals surface area contributed by atoms with Crippen molar-refractivity contribution in [3.8, 4) is 23.0 Å². The van der Waals surface area contributed by atoms with Crippen LogP contribution < -0.4 is 18.9 Å². The second-order valence-corrected chi connectivity index (χ2v) is 17.8. The first-order chi connectivity index (χ1) is 27.3. The molecule has 3 fully saturated rings. The Morgan fingerprint density at radius 3 is 2.19 bits per heavy atom. The van der Waals surface area contributed by atoms with E-state index in [0.717, 1.165) is 42.4 Å². The molecule has 2 spiro atoms. The lowest BCUT2D eigenvalue weighted by Gasteiger charge is -2.71. The van der Waals surface area contributed by atoms with Crippen molar-refractivity contribution in [2.45, 2.75) is 83.5 Å². The molecule has 0 saturated heterocycles. The minimum Gasteiger partial charge on any atom is -0.497 e. The molecule has 9 heteroatoms. The van der Waals surface area contributed by atoms with Crippen LogP contribution in [0.3, 0.4) is 0 Å². The topological polar surface area (TPSA) is 115 Å². The fourth-order valence-corrected chi connectivity index (χ4v) is 12.4. The van der Waals surface area contributed by atoms with Gasteiger partial charge in [-0.05, 0) is 92.0 Å². The molecule has 0 aliphatic heterocycles. The number of ketones is 1. The zero-order valence-corrected chi connectivity index (χ0v) is 34.2. The number of nitrogens with zero attached hydrogens (tertiary/aromatic N) is 1. The Balaban J connectivity index is 1.19. The number of aliphatic hydroxyl groups is 2. The molecule has 2 N–H and O–H groups in total. The number of benzene rings is 3. The summed E-state index contributed by atoms with van der Waals surface area (Å²) in [6.45, 7) is 4.94. The summed E-state index contributed by atoms with van der Waals surface area (Å²) >= 11 is 0. The average molecular weight is 776 g/mol. The summed E-state index contributed by atoms with van der Waals surface area (Å²) < 4.78 is 22.3. The van der Waals surface area contributed by atoms with Crippen molar-refractivity contribution in [2.75, 3.05) is 35.0 Å². The van der Waals surface area contributed by atoms with Gasteiger partial charge in [-0.25, -0.2) is 0 Å². The lowest BCUT2D eigenvalue weighted by molar-refractivity contribution is -0.178. The summed E-state index contributed by atoms with van der Waals surface area (Å²) in [4.78, 5) is 31.3. The Hall–Kier alpha value is -4.60. The number of hydrogen-bond acceptors (Lipinski definition) is 8. The lowest BCUT2D eigenvalue weighted by atomic mass is 9.32. The molecule has 6 aliphatic rings. The van der Waals surface area contributed by atoms with Gasteiger partial charge in [0.2, 0.25) is 5.91 Å². The molecule has 8 atom stereocenters. The van der Waals surface area contributed by atoms with Gasteiger partial charge in [0, 0.05) is 45.6 Å². The number of ether oxygens (including phenoxy) is 4. The second-order valence-electron chi connectivity index (χ2n) is 17.8. The third kappa shape index (κ3) is 5.93. The molecule has 3 aromatic rings. The molecule has 57 heavy (non-hydrogen) atoms. The highest BCUT2D eigenvalue weighted by Gasteiger charge is 2.74. The van der Waals surface area contributed by atoms with Gasteiger partial charge in [0.05, 0.1) is 53.1 Å². The van der Waals surface area contributed by atoms with Crippen LogP contribution in [-0.2, 0) is 17.8 Å². The number of Topliss-reactive ketones (excluding diaryl/α,β-unsaturated/α-hetero) is 1. The van der Waals surface area contributed by atoms with Crippen LogP contribution in [0.5, 0.6) is 23.0 Å². The van der Waals surface area contributed by atoms with E-state index in [4.69, 9.17) is 18.9 Å². The van der Waals surface area contributed by atoms with Crippen molar-refractivity contribution in [3.05, 3.63) is 107 Å². The fraction of sp³-hybridized carbons (Fsp3) is 0.500. The molecule has 302 valence electrons. The number of fused-ring (bicyclic) bond motifs is 1. The van der Waals surface area contributed by atoms with Gasteiger partial charge in [0.25, 0.3) is 0 Å². The average Bonchev–Trinajstić information content (AvgIpc) is 3.50. The van der Waals surface area contributed by atoms with Gasteiger partial charge in [0.1, 0.15) is 11.5 Å². The fourth-order valence-electron chi connectivity index (χ4n) is 12.4. The van der Waals surface area contributed by atoms with E-state index in [-0.39, 0.29) is 48.5 Å². The maximum absolute atomic E-state index is 14.9. The maximum Gasteiger partial charge on any atom is 0.227 e. The Morgan fingerprint density at radius 2 is 1.47 bits per heavy atom. The van der Waals surface area contributed by atoms with Crippen LogP contribution in [0.1, 0.15) is 80.3 Å². The summed E-state index contributed by atoms with van der Waals surface area (Å²) in [6, 6.07) is 20.6. The van der Waals surface area contributed by atoms with Crippen molar-refractivity contribution >= 4 is 11.7 Å². The molecule has 2 bridgehead atoms. The molecule has 9 nitrogen and oxygen atoms in total. The zero-order chi connectivity index (χ0) is 40.4. The highest BCUT2D eigenvalue weighted by molar-refractivity contribution is 6.10. The van der Waals surface area contributed by atoms with E-state index < -0.39 is 27.9 Å². The predicted octanol–water partition coefficient (Wildman–Crippen LogP) is 7.77. The summed E-state index contributed by atoms with van der Waals surface area (Å²) in [5.74, 6) is 2.37. The van der Waals surface area contributed by atoms with Crippen LogP contribution in [-0.4, -0.2) is 73.5 Å². The van der Waals surface area contributed by atoms with Crippen LogP contribution in [0.2, 0.25) is 0 Å². The van der Waals surface area contributed by atoms with E-state index >= 15 is 0 Å². The minimum atomic E-state index is -1.26. The molecule has 0 heterocycles. The lowest BCUT2D eigenvalue weighted by Crippen LogP contribution is -2.67. The van der Waals surface area contributed by atoms with Gasteiger partial charge >= 0.3 is 0 Å². The van der Waals surface area contributed by atoms with E-state index in [1.54, 1.807) is 39.4 Å². The first kappa shape index (κ1) is 39.2. The number of methoxy groups -OCH3 is 4. The minimum absolute atomic E-state index is 0.0319. The van der Waals surface area contributed by atoms with Crippen LogP contribution >= 0.6 is 0 Å². The molecule has 9 rings (SSSR count). The van der Waals surface area contributed by atoms with Crippen molar-refractivity contribution in [1.82, 2.24) is 4.90 Å². The molecular weight excluding hydrogens is 719 g/mol. The summed E-state index contributed by atoms with van der Waals surface area (Å²) in [6.07, 6.45) is 11.6. The molecule has 6 aliphatic carbocycles. The number of amides is 1. The summed E-state index contributed by atoms with van der Waals surface area (Å²) in [5, 5.41) is 24.4. The molecule has 1 unspecified atom stereocenters. The first-order valence-electron chi connectivity index (χ1n) is 20.4. The normalized spacial score (nSPS) is 33.3. The Kier molecular flexibility index (Phi) is 9.88. The standard InChI is InChI=1S/C48H57NO8/c1-44-19-16-34(50)27-46(44)22-23-48(36(28-46)43(52)32-10-8-7-9-11-32)40(44)17-20-45(2)41(48)18-21-47(45,53)30-49(29-33-13-14-35(54-3)26-38(33)56-5)42(51)25-31-12-15-37(55-4)39(24-31)57-6/h7-15,22-24,26,28,34,40-41,50,53H,16-21,25,27,29-30H2,1-6H3/t34?,40-,41-,44-,45+,46+,47-,48-/m1/s1. The molecule has 0 aromatic heterocycles. The number of carbonyl (C=O) groups excluding carboxylic acids is 2. The molecular formula is C48H57NO8. The second kappa shape index (κ2) is 14.3. The quantitative estimate of drug-likeness (QED) is 0.142. The van der Waals surface area contributed by atoms with Crippen molar-refractivity contribution in [1.29, 1.82) is 0 Å². The van der Waals surface area contributed by atoms with Gasteiger partial charge < -0.3 is 34.1 Å². The van der Waals surface area contributed by atoms with Crippen LogP contribution in [0.25, 0.3) is 0 Å². The van der Waals surface area contributed by atoms with Gasteiger partial charge in [-0.3, -0.25) is 9.59 Å². The van der Waals surface area contributed by atoms with Crippen molar-refractivity contribution in [3.63, 3.8) is 0 Å². The molecule has 3 saturated carbocycles. The van der Waals surface area contributed by atoms with E-state index in [9.17, 15) is 19.8 Å². The summed E-state index contributed by atoms with van der Waals surface area (Å²) in [7, 11) is 6.37. The molecule has 0 radical (unpaired) electrons. The number of carbonyl (C=O) groups is 2. The van der Waals surface area contributed by atoms with E-state index in [0.29, 0.717) is 47.8 Å². The zero-order valence-electron chi connectivity index (χ0n) is 34.2. The van der Waals surface area contributed by atoms with Crippen molar-refractivity contribution in [2.24, 2.45) is 33.5 Å². The Bertz CT molecular complexity index is 2110. The first-order valence-corrected chi connectivity index (χ1v) is 20.4. The SMILES string of the molecule is COc1ccc(CN(C[C@]2(O)CC[C@H]3[C@]45C=C[C@@]6(C=C4C(=O)c4ccccc4)CC(O)CC[C@]6(C)[C@H]5CC[C@@]32C)C(=O)Cc2ccc(OC)c(OC)c2)c(OC)c1. The number of hydrogen-bond donors (Lipinski definition) is 2. The van der Waals surface area contributed by atoms with E-state index in [2.05, 4.69) is 32.1 Å². The Labute approximate surface area is 336 Å². The van der Waals surface area contributed by atoms with Crippen LogP contribution in [0, 0.1) is 33.5 Å². The predicted molar refractivity (Wildman–Crippen MR) is 218 cm³/mol. The third-order valence-electron chi connectivity index (χ3n) is 15.5. The van der Waals surface area contributed by atoms with Gasteiger partial charge in [0.15, 0.2) is 17.3 Å². The van der Waals surface area contributed by atoms with Crippen LogP contribution in [0.4, 0.5) is 0 Å². The van der Waals surface area contributed by atoms with Gasteiger partial charge in [-0.2, -0.15) is 0 Å². The number of allylic oxidation sites excluding steroid dienone is 4. The highest BCUT2D eigenvalue weighted by atomic mass is 16.5. The third-order valence-corrected chi connectivity index (χ3v) is 15.5. The van der Waals surface area contributed by atoms with E-state index in [1.807, 2.05) is 60.7 Å². The number of aliphatic hydroxyl groups excluding tert-OH is 1. The molecule has 3 aromatic carbocycles. The largest absolute Gasteiger partial charge is 0.497 e. The van der Waals surface area contributed by atoms with E-state index in [1.165, 1.54) is 0 Å². The van der Waals surface area contributed by atoms with Gasteiger partial charge in [-0.1, -0.05) is 68.5 Å². The Morgan fingerprint density at radius 1 is 0.772 bits per heavy atom. The van der Waals surface area contributed by atoms with Crippen LogP contribution in [0.15, 0.2) is 90.5 Å². The van der Waals surface area contributed by atoms with Gasteiger partial charge in [-0.15, -0.1) is 0 Å². The highest BCUT2D eigenvalue weighted by Crippen LogP contribution is 2.78. The van der Waals surface area contributed by atoms with Crippen molar-refractivity contribution < 1.29 is 38.7 Å². The monoisotopic (exact) mass is 775 g/mol. The smallest absolute Gasteiger partial charge is 0.227 e. The molecule has 1 amide bonds. The number of rotatable bonds is 12. The summed E-state index contributed by atoms with van der Waals surface area (Å²) in [5.41, 5.74) is 0.00734. The maximum atomic E-state index is 14.9.